The van der Waals surface area contributed by atoms with Gasteiger partial charge < -0.3 is 10.0 Å². The van der Waals surface area contributed by atoms with Gasteiger partial charge in [-0.1, -0.05) is 53.7 Å². The number of hydrogen-bond acceptors (Lipinski definition) is 3. The zero-order valence-corrected chi connectivity index (χ0v) is 20.0. The monoisotopic (exact) mass is 426 g/mol. The molecule has 2 aliphatic rings. The predicted molar refractivity (Wildman–Crippen MR) is 125 cm³/mol. The molecule has 5 heteroatoms. The van der Waals surface area contributed by atoms with E-state index in [2.05, 4.69) is 39.0 Å². The van der Waals surface area contributed by atoms with Crippen LogP contribution in [0.5, 0.6) is 0 Å². The number of rotatable bonds is 4. The lowest BCUT2D eigenvalue weighted by Gasteiger charge is -2.41. The first kappa shape index (κ1) is 23.5. The molecular formula is C26H38N2O3. The van der Waals surface area contributed by atoms with Crippen LogP contribution >= 0.6 is 0 Å². The molecule has 0 aromatic heterocycles. The molecule has 0 spiro atoms. The van der Waals surface area contributed by atoms with Gasteiger partial charge in [-0.3, -0.25) is 14.6 Å². The Morgan fingerprint density at radius 1 is 1.13 bits per heavy atom. The van der Waals surface area contributed by atoms with Gasteiger partial charge in [0.2, 0.25) is 5.91 Å². The molecule has 1 N–H and O–H groups in total. The quantitative estimate of drug-likeness (QED) is 0.758. The van der Waals surface area contributed by atoms with Crippen LogP contribution in [0.4, 0.5) is 0 Å². The number of likely N-dealkylation sites (tertiary alicyclic amines) is 1. The maximum absolute atomic E-state index is 12.9. The van der Waals surface area contributed by atoms with Crippen molar-refractivity contribution in [3.05, 3.63) is 34.9 Å². The number of piperidine rings is 1. The van der Waals surface area contributed by atoms with E-state index >= 15 is 0 Å². The van der Waals surface area contributed by atoms with Crippen LogP contribution in [-0.4, -0.2) is 47.2 Å². The van der Waals surface area contributed by atoms with E-state index in [1.807, 2.05) is 25.7 Å². The van der Waals surface area contributed by atoms with E-state index in [0.29, 0.717) is 13.1 Å². The lowest BCUT2D eigenvalue weighted by molar-refractivity contribution is -0.143. The standard InChI is InChI=1S/C26H38N2O3/c1-25(2,3)20-8-7-17-9-11-27-22(21(17)15-20)13-19-16-28(24(31)26(4,5)6)12-10-18(19)14-23(29)30/h7-8,15,18-19H,9-14,16H2,1-6H3,(H,29,30). The third-order valence-corrected chi connectivity index (χ3v) is 6.68. The minimum absolute atomic E-state index is 0.0597. The highest BCUT2D eigenvalue weighted by Crippen LogP contribution is 2.34. The van der Waals surface area contributed by atoms with Crippen molar-refractivity contribution in [1.82, 2.24) is 4.90 Å². The summed E-state index contributed by atoms with van der Waals surface area (Å²) in [7, 11) is 0. The number of hydrogen-bond donors (Lipinski definition) is 1. The lowest BCUT2D eigenvalue weighted by atomic mass is 9.77. The second kappa shape index (κ2) is 8.76. The van der Waals surface area contributed by atoms with Gasteiger partial charge in [0, 0.05) is 37.2 Å². The molecule has 0 aliphatic carbocycles. The third-order valence-electron chi connectivity index (χ3n) is 6.68. The van der Waals surface area contributed by atoms with E-state index in [1.54, 1.807) is 0 Å². The highest BCUT2D eigenvalue weighted by atomic mass is 16.4. The number of nitrogens with zero attached hydrogens (tertiary/aromatic N) is 2. The summed E-state index contributed by atoms with van der Waals surface area (Å²) in [5, 5.41) is 9.47. The van der Waals surface area contributed by atoms with Gasteiger partial charge in [-0.25, -0.2) is 0 Å². The van der Waals surface area contributed by atoms with Crippen molar-refractivity contribution in [2.24, 2.45) is 22.2 Å². The van der Waals surface area contributed by atoms with Gasteiger partial charge in [-0.05, 0) is 59.3 Å². The van der Waals surface area contributed by atoms with Gasteiger partial charge in [-0.2, -0.15) is 0 Å². The fourth-order valence-corrected chi connectivity index (χ4v) is 4.81. The Morgan fingerprint density at radius 2 is 1.84 bits per heavy atom. The molecule has 170 valence electrons. The average Bonchev–Trinajstić information content (AvgIpc) is 2.67. The van der Waals surface area contributed by atoms with Crippen LogP contribution in [0.25, 0.3) is 0 Å². The Bertz CT molecular complexity index is 874. The molecule has 0 saturated carbocycles. The van der Waals surface area contributed by atoms with E-state index in [-0.39, 0.29) is 29.6 Å². The number of carbonyl (C=O) groups excluding carboxylic acids is 1. The van der Waals surface area contributed by atoms with Crippen LogP contribution in [0.15, 0.2) is 23.2 Å². The lowest BCUT2D eigenvalue weighted by Crippen LogP contribution is -2.48. The minimum Gasteiger partial charge on any atom is -0.481 e. The van der Waals surface area contributed by atoms with Gasteiger partial charge in [0.05, 0.1) is 0 Å². The molecule has 3 rings (SSSR count). The molecule has 1 saturated heterocycles. The number of carbonyl (C=O) groups is 2. The SMILES string of the molecule is CC(C)(C)C(=O)N1CCC(CC(=O)O)C(CC2=NCCc3ccc(C(C)(C)C)cc32)C1. The number of carboxylic acid groups (broad SMARTS) is 1. The van der Waals surface area contributed by atoms with Crippen molar-refractivity contribution >= 4 is 17.6 Å². The van der Waals surface area contributed by atoms with Crippen LogP contribution in [0.3, 0.4) is 0 Å². The fraction of sp³-hybridized carbons (Fsp3) is 0.654. The molecule has 0 radical (unpaired) electrons. The second-order valence-electron chi connectivity index (χ2n) is 11.3. The number of benzene rings is 1. The van der Waals surface area contributed by atoms with Crippen molar-refractivity contribution in [2.75, 3.05) is 19.6 Å². The molecule has 1 aromatic carbocycles. The van der Waals surface area contributed by atoms with Crippen LogP contribution in [0.2, 0.25) is 0 Å². The first-order valence-electron chi connectivity index (χ1n) is 11.5. The molecule has 5 nitrogen and oxygen atoms in total. The van der Waals surface area contributed by atoms with Gasteiger partial charge in [-0.15, -0.1) is 0 Å². The summed E-state index contributed by atoms with van der Waals surface area (Å²) in [6.07, 6.45) is 2.57. The first-order chi connectivity index (χ1) is 14.4. The summed E-state index contributed by atoms with van der Waals surface area (Å²) in [5.74, 6) is -0.432. The molecule has 2 atom stereocenters. The topological polar surface area (TPSA) is 70.0 Å². The number of aliphatic imine (C=N–C) groups is 1. The molecular weight excluding hydrogens is 388 g/mol. The Kier molecular flexibility index (Phi) is 6.64. The van der Waals surface area contributed by atoms with Crippen LogP contribution in [0.1, 0.15) is 77.5 Å². The number of amides is 1. The van der Waals surface area contributed by atoms with Gasteiger partial charge >= 0.3 is 5.97 Å². The van der Waals surface area contributed by atoms with Gasteiger partial charge in [0.15, 0.2) is 0 Å². The van der Waals surface area contributed by atoms with Crippen LogP contribution in [-0.2, 0) is 21.4 Å². The zero-order valence-electron chi connectivity index (χ0n) is 20.0. The van der Waals surface area contributed by atoms with Crippen LogP contribution < -0.4 is 0 Å². The number of aliphatic carboxylic acids is 1. The smallest absolute Gasteiger partial charge is 0.303 e. The highest BCUT2D eigenvalue weighted by molar-refractivity contribution is 6.03. The highest BCUT2D eigenvalue weighted by Gasteiger charge is 2.37. The first-order valence-corrected chi connectivity index (χ1v) is 11.5. The summed E-state index contributed by atoms with van der Waals surface area (Å²) in [6.45, 7) is 14.5. The van der Waals surface area contributed by atoms with Crippen molar-refractivity contribution < 1.29 is 14.7 Å². The Labute approximate surface area is 186 Å². The minimum atomic E-state index is -0.758. The van der Waals surface area contributed by atoms with E-state index in [4.69, 9.17) is 4.99 Å². The molecule has 2 heterocycles. The Hall–Kier alpha value is -2.17. The Balaban J connectivity index is 1.88. The molecule has 31 heavy (non-hydrogen) atoms. The van der Waals surface area contributed by atoms with Crippen molar-refractivity contribution in [1.29, 1.82) is 0 Å². The third kappa shape index (κ3) is 5.55. The predicted octanol–water partition coefficient (Wildman–Crippen LogP) is 4.70. The van der Waals surface area contributed by atoms with Crippen molar-refractivity contribution in [3.8, 4) is 0 Å². The summed E-state index contributed by atoms with van der Waals surface area (Å²) < 4.78 is 0. The normalized spacial score (nSPS) is 22.0. The summed E-state index contributed by atoms with van der Waals surface area (Å²) >= 11 is 0. The van der Waals surface area contributed by atoms with E-state index in [0.717, 1.165) is 31.5 Å². The fourth-order valence-electron chi connectivity index (χ4n) is 4.81. The number of fused-ring (bicyclic) bond motifs is 1. The second-order valence-corrected chi connectivity index (χ2v) is 11.3. The maximum Gasteiger partial charge on any atom is 0.303 e. The molecule has 1 fully saturated rings. The maximum atomic E-state index is 12.9. The molecule has 2 aliphatic heterocycles. The average molecular weight is 427 g/mol. The number of carboxylic acids is 1. The molecule has 0 bridgehead atoms. The molecule has 1 aromatic rings. The van der Waals surface area contributed by atoms with E-state index in [1.165, 1.54) is 16.7 Å². The molecule has 2 unspecified atom stereocenters. The van der Waals surface area contributed by atoms with Gasteiger partial charge in [0.1, 0.15) is 0 Å². The molecule has 1 amide bonds. The van der Waals surface area contributed by atoms with E-state index in [9.17, 15) is 14.7 Å². The van der Waals surface area contributed by atoms with Gasteiger partial charge in [0.25, 0.3) is 0 Å². The van der Waals surface area contributed by atoms with E-state index < -0.39 is 11.4 Å². The Morgan fingerprint density at radius 3 is 2.45 bits per heavy atom. The summed E-state index contributed by atoms with van der Waals surface area (Å²) in [6, 6.07) is 6.73. The largest absolute Gasteiger partial charge is 0.481 e. The summed E-state index contributed by atoms with van der Waals surface area (Å²) in [4.78, 5) is 31.3. The van der Waals surface area contributed by atoms with Crippen molar-refractivity contribution in [3.63, 3.8) is 0 Å². The van der Waals surface area contributed by atoms with Crippen LogP contribution in [0, 0.1) is 17.3 Å². The van der Waals surface area contributed by atoms with Crippen molar-refractivity contribution in [2.45, 2.75) is 72.6 Å². The zero-order chi connectivity index (χ0) is 23.0. The summed E-state index contributed by atoms with van der Waals surface area (Å²) in [5.41, 5.74) is 4.54.